The van der Waals surface area contributed by atoms with Gasteiger partial charge in [0.15, 0.2) is 6.29 Å². The van der Waals surface area contributed by atoms with Crippen molar-refractivity contribution >= 4 is 5.91 Å². The van der Waals surface area contributed by atoms with Crippen molar-refractivity contribution < 1.29 is 14.4 Å². The average molecular weight is 267 g/mol. The van der Waals surface area contributed by atoms with Gasteiger partial charge in [0.05, 0.1) is 5.92 Å². The normalized spacial score (nSPS) is 32.5. The summed E-state index contributed by atoms with van der Waals surface area (Å²) in [5, 5.41) is 0. The van der Waals surface area contributed by atoms with E-state index < -0.39 is 0 Å². The minimum Gasteiger partial charge on any atom is -0.350 e. The molecule has 1 N–H and O–H groups in total. The number of amides is 1. The molecule has 2 fully saturated rings. The monoisotopic (exact) mass is 267 g/mol. The molecule has 1 aliphatic carbocycles. The lowest BCUT2D eigenvalue weighted by molar-refractivity contribution is -0.201. The van der Waals surface area contributed by atoms with Crippen molar-refractivity contribution in [3.63, 3.8) is 0 Å². The second-order valence-electron chi connectivity index (χ2n) is 6.45. The number of carbonyl (C=O) groups excluding carboxylic acids is 1. The van der Waals surface area contributed by atoms with Crippen molar-refractivity contribution in [1.29, 1.82) is 0 Å². The summed E-state index contributed by atoms with van der Waals surface area (Å²) in [5.41, 5.74) is 3.86. The molecule has 1 amide bonds. The minimum absolute atomic E-state index is 0.00555. The average Bonchev–Trinajstić information content (AvgIpc) is 2.88. The maximum absolute atomic E-state index is 12.1. The maximum atomic E-state index is 12.1. The molecule has 2 rings (SSSR count). The standard InChI is InChI=1S/C15H25NO3/c1-10(2)9-11-13(15(11,3)4)14(17)16-19-12-7-5-6-8-18-12/h9,11-13H,5-8H2,1-4H3,(H,16,17). The lowest BCUT2D eigenvalue weighted by Crippen LogP contribution is -2.34. The van der Waals surface area contributed by atoms with Crippen molar-refractivity contribution in [2.45, 2.75) is 53.2 Å². The summed E-state index contributed by atoms with van der Waals surface area (Å²) in [4.78, 5) is 17.5. The highest BCUT2D eigenvalue weighted by Crippen LogP contribution is 2.59. The number of hydroxylamine groups is 1. The highest BCUT2D eigenvalue weighted by atomic mass is 16.8. The first kappa shape index (κ1) is 14.5. The lowest BCUT2D eigenvalue weighted by atomic mass is 10.1. The van der Waals surface area contributed by atoms with Gasteiger partial charge in [0, 0.05) is 13.0 Å². The Labute approximate surface area is 115 Å². The minimum atomic E-state index is -0.276. The van der Waals surface area contributed by atoms with Crippen molar-refractivity contribution in [1.82, 2.24) is 5.48 Å². The SMILES string of the molecule is CC(C)=CC1C(C(=O)NOC2CCCCO2)C1(C)C. The summed E-state index contributed by atoms with van der Waals surface area (Å²) in [5.74, 6) is 0.293. The lowest BCUT2D eigenvalue weighted by Gasteiger charge is -2.22. The van der Waals surface area contributed by atoms with E-state index in [9.17, 15) is 4.79 Å². The van der Waals surface area contributed by atoms with Gasteiger partial charge in [0.25, 0.3) is 0 Å². The van der Waals surface area contributed by atoms with Crippen molar-refractivity contribution in [2.24, 2.45) is 17.3 Å². The largest absolute Gasteiger partial charge is 0.350 e. The van der Waals surface area contributed by atoms with E-state index in [0.717, 1.165) is 25.9 Å². The molecule has 4 heteroatoms. The Morgan fingerprint density at radius 1 is 1.37 bits per heavy atom. The van der Waals surface area contributed by atoms with Crippen LogP contribution in [0.5, 0.6) is 0 Å². The first-order chi connectivity index (χ1) is 8.93. The highest BCUT2D eigenvalue weighted by Gasteiger charge is 2.60. The van der Waals surface area contributed by atoms with E-state index in [0.29, 0.717) is 5.92 Å². The second kappa shape index (κ2) is 5.63. The molecule has 1 heterocycles. The number of hydrogen-bond donors (Lipinski definition) is 1. The van der Waals surface area contributed by atoms with Crippen LogP contribution in [0.3, 0.4) is 0 Å². The van der Waals surface area contributed by atoms with Crippen LogP contribution >= 0.6 is 0 Å². The summed E-state index contributed by atoms with van der Waals surface area (Å²) in [7, 11) is 0. The van der Waals surface area contributed by atoms with E-state index in [4.69, 9.17) is 9.57 Å². The zero-order chi connectivity index (χ0) is 14.0. The first-order valence-corrected chi connectivity index (χ1v) is 7.15. The van der Waals surface area contributed by atoms with Crippen LogP contribution in [0.1, 0.15) is 47.0 Å². The van der Waals surface area contributed by atoms with Gasteiger partial charge in [0.2, 0.25) is 5.91 Å². The molecule has 2 aliphatic rings. The zero-order valence-electron chi connectivity index (χ0n) is 12.4. The molecule has 1 aliphatic heterocycles. The summed E-state index contributed by atoms with van der Waals surface area (Å²) >= 11 is 0. The molecule has 0 aromatic carbocycles. The number of nitrogens with one attached hydrogen (secondary N) is 1. The summed E-state index contributed by atoms with van der Waals surface area (Å²) < 4.78 is 5.42. The molecule has 0 spiro atoms. The van der Waals surface area contributed by atoms with Gasteiger partial charge < -0.3 is 4.74 Å². The van der Waals surface area contributed by atoms with Gasteiger partial charge >= 0.3 is 0 Å². The van der Waals surface area contributed by atoms with Crippen LogP contribution in [0.25, 0.3) is 0 Å². The van der Waals surface area contributed by atoms with E-state index in [2.05, 4.69) is 39.3 Å². The fourth-order valence-corrected chi connectivity index (χ4v) is 2.84. The quantitative estimate of drug-likeness (QED) is 0.629. The number of ether oxygens (including phenoxy) is 1. The van der Waals surface area contributed by atoms with Crippen LogP contribution in [-0.4, -0.2) is 18.8 Å². The van der Waals surface area contributed by atoms with Crippen molar-refractivity contribution in [2.75, 3.05) is 6.61 Å². The second-order valence-corrected chi connectivity index (χ2v) is 6.45. The van der Waals surface area contributed by atoms with E-state index in [1.54, 1.807) is 0 Å². The maximum Gasteiger partial charge on any atom is 0.247 e. The number of allylic oxidation sites excluding steroid dienone is 2. The van der Waals surface area contributed by atoms with Crippen LogP contribution in [0.4, 0.5) is 0 Å². The van der Waals surface area contributed by atoms with E-state index in [1.165, 1.54) is 5.57 Å². The molecule has 3 unspecified atom stereocenters. The Hall–Kier alpha value is -0.870. The molecule has 108 valence electrons. The summed E-state index contributed by atoms with van der Waals surface area (Å²) in [6.45, 7) is 9.10. The predicted molar refractivity (Wildman–Crippen MR) is 73.0 cm³/mol. The van der Waals surface area contributed by atoms with Crippen LogP contribution in [0.2, 0.25) is 0 Å². The molecule has 4 nitrogen and oxygen atoms in total. The molecule has 19 heavy (non-hydrogen) atoms. The van der Waals surface area contributed by atoms with Crippen LogP contribution in [0, 0.1) is 17.3 Å². The molecular weight excluding hydrogens is 242 g/mol. The zero-order valence-corrected chi connectivity index (χ0v) is 12.4. The first-order valence-electron chi connectivity index (χ1n) is 7.15. The van der Waals surface area contributed by atoms with Crippen LogP contribution in [-0.2, 0) is 14.4 Å². The fraction of sp³-hybridized carbons (Fsp3) is 0.800. The third kappa shape index (κ3) is 3.37. The van der Waals surface area contributed by atoms with E-state index in [1.807, 2.05) is 0 Å². The number of hydrogen-bond acceptors (Lipinski definition) is 3. The van der Waals surface area contributed by atoms with Gasteiger partial charge in [0.1, 0.15) is 0 Å². The third-order valence-corrected chi connectivity index (χ3v) is 4.13. The Morgan fingerprint density at radius 2 is 2.11 bits per heavy atom. The molecule has 3 atom stereocenters. The molecule has 1 saturated carbocycles. The van der Waals surface area contributed by atoms with Gasteiger partial charge in [-0.1, -0.05) is 25.5 Å². The predicted octanol–water partition coefficient (Wildman–Crippen LogP) is 2.80. The van der Waals surface area contributed by atoms with Crippen molar-refractivity contribution in [3.05, 3.63) is 11.6 Å². The van der Waals surface area contributed by atoms with E-state index >= 15 is 0 Å². The summed E-state index contributed by atoms with van der Waals surface area (Å²) in [6, 6.07) is 0. The third-order valence-electron chi connectivity index (χ3n) is 4.13. The smallest absolute Gasteiger partial charge is 0.247 e. The fourth-order valence-electron chi connectivity index (χ4n) is 2.84. The molecule has 0 radical (unpaired) electrons. The van der Waals surface area contributed by atoms with Gasteiger partial charge in [-0.3, -0.25) is 4.79 Å². The van der Waals surface area contributed by atoms with Gasteiger partial charge in [-0.25, -0.2) is 10.3 Å². The highest BCUT2D eigenvalue weighted by molar-refractivity contribution is 5.82. The molecule has 0 aromatic rings. The Morgan fingerprint density at radius 3 is 2.68 bits per heavy atom. The Bertz CT molecular complexity index is 366. The Kier molecular flexibility index (Phi) is 4.31. The van der Waals surface area contributed by atoms with Gasteiger partial charge in [-0.15, -0.1) is 0 Å². The summed E-state index contributed by atoms with van der Waals surface area (Å²) in [6.07, 6.45) is 4.93. The van der Waals surface area contributed by atoms with E-state index in [-0.39, 0.29) is 23.5 Å². The molecule has 1 saturated heterocycles. The van der Waals surface area contributed by atoms with Gasteiger partial charge in [-0.2, -0.15) is 0 Å². The van der Waals surface area contributed by atoms with Gasteiger partial charge in [-0.05, 0) is 38.0 Å². The molecule has 0 bridgehead atoms. The number of carbonyl (C=O) groups is 1. The Balaban J connectivity index is 1.82. The molecule has 0 aromatic heterocycles. The van der Waals surface area contributed by atoms with Crippen LogP contribution in [0.15, 0.2) is 11.6 Å². The van der Waals surface area contributed by atoms with Crippen LogP contribution < -0.4 is 5.48 Å². The van der Waals surface area contributed by atoms with Crippen molar-refractivity contribution in [3.8, 4) is 0 Å². The number of rotatable bonds is 4. The molecular formula is C15H25NO3. The topological polar surface area (TPSA) is 47.6 Å².